The van der Waals surface area contributed by atoms with E-state index in [2.05, 4.69) is 12.1 Å². The van der Waals surface area contributed by atoms with Crippen LogP contribution in [0.15, 0.2) is 64.8 Å². The number of thiophene rings is 1. The van der Waals surface area contributed by atoms with Gasteiger partial charge in [0.2, 0.25) is 0 Å². The maximum Gasteiger partial charge on any atom is 0.329 e. The van der Waals surface area contributed by atoms with E-state index in [1.54, 1.807) is 13.8 Å². The van der Waals surface area contributed by atoms with Crippen LogP contribution in [0, 0.1) is 0 Å². The molecule has 0 radical (unpaired) electrons. The van der Waals surface area contributed by atoms with Crippen LogP contribution < -0.4 is 5.56 Å². The molecule has 0 aliphatic carbocycles. The molecule has 0 amide bonds. The fraction of sp³-hybridized carbons (Fsp3) is 0.240. The molecule has 0 bridgehead atoms. The summed E-state index contributed by atoms with van der Waals surface area (Å²) in [6, 6.07) is 18.2. The molecule has 0 aliphatic heterocycles. The molecule has 0 atom stereocenters. The number of benzene rings is 2. The number of rotatable bonds is 6. The van der Waals surface area contributed by atoms with Gasteiger partial charge in [-0.05, 0) is 37.0 Å². The molecule has 2 heterocycles. The first kappa shape index (κ1) is 21.0. The van der Waals surface area contributed by atoms with Gasteiger partial charge < -0.3 is 5.11 Å². The number of fused-ring (bicyclic) bond motifs is 1. The smallest absolute Gasteiger partial charge is 0.329 e. The van der Waals surface area contributed by atoms with Gasteiger partial charge in [-0.1, -0.05) is 61.5 Å². The van der Waals surface area contributed by atoms with Crippen LogP contribution in [0.2, 0.25) is 0 Å². The molecule has 0 spiro atoms. The van der Waals surface area contributed by atoms with Gasteiger partial charge in [0.1, 0.15) is 16.2 Å². The Kier molecular flexibility index (Phi) is 5.50. The number of aryl methyl sites for hydroxylation is 1. The monoisotopic (exact) mass is 432 g/mol. The van der Waals surface area contributed by atoms with Crippen LogP contribution in [-0.2, 0) is 16.8 Å². The van der Waals surface area contributed by atoms with Crippen molar-refractivity contribution in [1.29, 1.82) is 0 Å². The molecule has 4 aromatic rings. The second-order valence-corrected chi connectivity index (χ2v) is 8.91. The lowest BCUT2D eigenvalue weighted by atomic mass is 10.00. The van der Waals surface area contributed by atoms with Crippen molar-refractivity contribution in [2.24, 2.45) is 0 Å². The molecule has 31 heavy (non-hydrogen) atoms. The molecule has 0 saturated carbocycles. The lowest BCUT2D eigenvalue weighted by Gasteiger charge is -2.25. The summed E-state index contributed by atoms with van der Waals surface area (Å²) in [7, 11) is 0. The second kappa shape index (κ2) is 8.12. The van der Waals surface area contributed by atoms with Crippen LogP contribution in [0.4, 0.5) is 0 Å². The third kappa shape index (κ3) is 3.68. The lowest BCUT2D eigenvalue weighted by molar-refractivity contribution is -0.146. The average molecular weight is 433 g/mol. The molecule has 1 N–H and O–H groups in total. The number of aliphatic carboxylic acids is 1. The number of nitrogens with zero attached hydrogens (tertiary/aromatic N) is 2. The maximum atomic E-state index is 13.6. The van der Waals surface area contributed by atoms with Gasteiger partial charge in [0.05, 0.1) is 5.39 Å². The van der Waals surface area contributed by atoms with Gasteiger partial charge >= 0.3 is 5.97 Å². The number of carbonyl (C=O) groups is 1. The normalized spacial score (nSPS) is 11.7. The highest BCUT2D eigenvalue weighted by Gasteiger charge is 2.34. The molecule has 0 fully saturated rings. The molecule has 158 valence electrons. The minimum absolute atomic E-state index is 0.302. The second-order valence-electron chi connectivity index (χ2n) is 8.06. The van der Waals surface area contributed by atoms with E-state index < -0.39 is 11.5 Å². The Morgan fingerprint density at radius 1 is 1.03 bits per heavy atom. The Morgan fingerprint density at radius 3 is 2.26 bits per heavy atom. The van der Waals surface area contributed by atoms with E-state index >= 15 is 0 Å². The highest BCUT2D eigenvalue weighted by atomic mass is 32.1. The average Bonchev–Trinajstić information content (AvgIpc) is 3.19. The zero-order valence-electron chi connectivity index (χ0n) is 17.8. The molecule has 0 unspecified atom stereocenters. The van der Waals surface area contributed by atoms with E-state index in [-0.39, 0.29) is 5.56 Å². The predicted molar refractivity (Wildman–Crippen MR) is 126 cm³/mol. The molecular weight excluding hydrogens is 408 g/mol. The summed E-state index contributed by atoms with van der Waals surface area (Å²) >= 11 is 1.42. The van der Waals surface area contributed by atoms with Crippen molar-refractivity contribution in [3.8, 4) is 22.3 Å². The predicted octanol–water partition coefficient (Wildman–Crippen LogP) is 5.56. The van der Waals surface area contributed by atoms with Crippen LogP contribution in [0.25, 0.3) is 32.5 Å². The Bertz CT molecular complexity index is 1300. The van der Waals surface area contributed by atoms with Crippen LogP contribution in [0.5, 0.6) is 0 Å². The topological polar surface area (TPSA) is 72.2 Å². The number of hydrogen-bond donors (Lipinski definition) is 1. The molecule has 2 aromatic carbocycles. The molecular formula is C25H24N2O3S. The van der Waals surface area contributed by atoms with Crippen molar-refractivity contribution in [2.45, 2.75) is 39.2 Å². The summed E-state index contributed by atoms with van der Waals surface area (Å²) in [5.41, 5.74) is 2.23. The molecule has 4 rings (SSSR count). The van der Waals surface area contributed by atoms with Gasteiger partial charge in [-0.15, -0.1) is 11.3 Å². The highest BCUT2D eigenvalue weighted by Crippen LogP contribution is 2.33. The number of aromatic nitrogens is 2. The standard InChI is InChI=1S/C25H24N2O3S/c1-4-8-20-26-22-21(23(28)27(20)25(2,3)24(29)30)19(15-31-22)18-13-11-17(12-14-18)16-9-6-5-7-10-16/h5-7,9-15H,4,8H2,1-3H3,(H,29,30). The first-order valence-electron chi connectivity index (χ1n) is 10.3. The van der Waals surface area contributed by atoms with Crippen molar-refractivity contribution < 1.29 is 9.90 Å². The van der Waals surface area contributed by atoms with Gasteiger partial charge in [-0.3, -0.25) is 9.36 Å². The lowest BCUT2D eigenvalue weighted by Crippen LogP contribution is -2.44. The van der Waals surface area contributed by atoms with Crippen molar-refractivity contribution in [3.05, 3.63) is 76.2 Å². The van der Waals surface area contributed by atoms with Crippen molar-refractivity contribution in [3.63, 3.8) is 0 Å². The Morgan fingerprint density at radius 2 is 1.65 bits per heavy atom. The van der Waals surface area contributed by atoms with Crippen molar-refractivity contribution >= 4 is 27.5 Å². The zero-order chi connectivity index (χ0) is 22.2. The highest BCUT2D eigenvalue weighted by molar-refractivity contribution is 7.17. The zero-order valence-corrected chi connectivity index (χ0v) is 18.6. The van der Waals surface area contributed by atoms with Crippen molar-refractivity contribution in [2.75, 3.05) is 0 Å². The SMILES string of the molecule is CCCc1nc2scc(-c3ccc(-c4ccccc4)cc3)c2c(=O)n1C(C)(C)C(=O)O. The van der Waals surface area contributed by atoms with Gasteiger partial charge in [-0.2, -0.15) is 0 Å². The minimum Gasteiger partial charge on any atom is -0.480 e. The van der Waals surface area contributed by atoms with E-state index in [4.69, 9.17) is 4.98 Å². The fourth-order valence-corrected chi connectivity index (χ4v) is 4.74. The van der Waals surface area contributed by atoms with E-state index in [1.165, 1.54) is 15.9 Å². The van der Waals surface area contributed by atoms with E-state index in [0.29, 0.717) is 22.5 Å². The van der Waals surface area contributed by atoms with E-state index in [9.17, 15) is 14.7 Å². The largest absolute Gasteiger partial charge is 0.480 e. The van der Waals surface area contributed by atoms with Gasteiger partial charge in [0.25, 0.3) is 5.56 Å². The minimum atomic E-state index is -1.39. The van der Waals surface area contributed by atoms with Gasteiger partial charge in [0, 0.05) is 17.4 Å². The van der Waals surface area contributed by atoms with E-state index in [0.717, 1.165) is 28.7 Å². The van der Waals surface area contributed by atoms with Crippen LogP contribution >= 0.6 is 11.3 Å². The Hall–Kier alpha value is -3.25. The molecule has 5 nitrogen and oxygen atoms in total. The summed E-state index contributed by atoms with van der Waals surface area (Å²) in [6.07, 6.45) is 1.31. The maximum absolute atomic E-state index is 13.6. The Labute approximate surface area is 184 Å². The Balaban J connectivity index is 1.89. The fourth-order valence-electron chi connectivity index (χ4n) is 3.78. The molecule has 6 heteroatoms. The van der Waals surface area contributed by atoms with Crippen LogP contribution in [0.3, 0.4) is 0 Å². The van der Waals surface area contributed by atoms with Crippen LogP contribution in [-0.4, -0.2) is 20.6 Å². The summed E-state index contributed by atoms with van der Waals surface area (Å²) in [5.74, 6) is -0.544. The first-order chi connectivity index (χ1) is 14.8. The molecule has 0 saturated heterocycles. The number of hydrogen-bond acceptors (Lipinski definition) is 4. The summed E-state index contributed by atoms with van der Waals surface area (Å²) in [4.78, 5) is 30.9. The van der Waals surface area contributed by atoms with Crippen molar-refractivity contribution in [1.82, 2.24) is 9.55 Å². The van der Waals surface area contributed by atoms with Gasteiger partial charge in [-0.25, -0.2) is 9.78 Å². The first-order valence-corrected chi connectivity index (χ1v) is 11.2. The third-order valence-electron chi connectivity index (χ3n) is 5.54. The third-order valence-corrected chi connectivity index (χ3v) is 6.41. The van der Waals surface area contributed by atoms with Gasteiger partial charge in [0.15, 0.2) is 0 Å². The summed E-state index contributed by atoms with van der Waals surface area (Å²) in [5, 5.41) is 12.2. The molecule has 2 aromatic heterocycles. The number of carboxylic acids is 1. The van der Waals surface area contributed by atoms with E-state index in [1.807, 2.05) is 54.8 Å². The summed E-state index contributed by atoms with van der Waals surface area (Å²) in [6.45, 7) is 5.08. The number of carboxylic acid groups (broad SMARTS) is 1. The van der Waals surface area contributed by atoms with Crippen LogP contribution in [0.1, 0.15) is 33.0 Å². The summed E-state index contributed by atoms with van der Waals surface area (Å²) < 4.78 is 1.36. The molecule has 0 aliphatic rings. The quantitative estimate of drug-likeness (QED) is 0.433.